The van der Waals surface area contributed by atoms with E-state index >= 15 is 0 Å². The van der Waals surface area contributed by atoms with Crippen molar-refractivity contribution in [1.29, 1.82) is 0 Å². The van der Waals surface area contributed by atoms with Crippen LogP contribution in [0.15, 0.2) is 28.2 Å². The van der Waals surface area contributed by atoms with Crippen molar-refractivity contribution >= 4 is 5.78 Å². The van der Waals surface area contributed by atoms with Gasteiger partial charge in [-0.15, -0.1) is 0 Å². The van der Waals surface area contributed by atoms with Crippen LogP contribution in [0.2, 0.25) is 0 Å². The lowest BCUT2D eigenvalue weighted by Crippen LogP contribution is -2.31. The highest BCUT2D eigenvalue weighted by atomic mass is 16.3. The van der Waals surface area contributed by atoms with Crippen molar-refractivity contribution in [3.63, 3.8) is 0 Å². The van der Waals surface area contributed by atoms with Gasteiger partial charge in [0.2, 0.25) is 5.78 Å². The summed E-state index contributed by atoms with van der Waals surface area (Å²) in [5, 5.41) is 9.76. The van der Waals surface area contributed by atoms with Crippen molar-refractivity contribution in [1.82, 2.24) is 9.97 Å². The van der Waals surface area contributed by atoms with Crippen LogP contribution < -0.4 is 11.0 Å². The van der Waals surface area contributed by atoms with Crippen LogP contribution in [0.5, 0.6) is 5.75 Å². The predicted octanol–water partition coefficient (Wildman–Crippen LogP) is -0.396. The molecular formula is C12H6N4O2. The molecule has 1 aliphatic heterocycles. The van der Waals surface area contributed by atoms with E-state index in [0.29, 0.717) is 28.9 Å². The number of hydrogen-bond donors (Lipinski definition) is 1. The zero-order valence-corrected chi connectivity index (χ0v) is 9.08. The Balaban J connectivity index is 2.16. The lowest BCUT2D eigenvalue weighted by molar-refractivity contribution is 0.103. The normalized spacial score (nSPS) is 14.6. The summed E-state index contributed by atoms with van der Waals surface area (Å²) in [5.74, 6) is -0.359. The average Bonchev–Trinajstić information content (AvgIpc) is 2.92. The summed E-state index contributed by atoms with van der Waals surface area (Å²) >= 11 is 0. The molecule has 0 amide bonds. The maximum atomic E-state index is 12.2. The molecule has 18 heavy (non-hydrogen) atoms. The van der Waals surface area contributed by atoms with Crippen molar-refractivity contribution in [2.45, 2.75) is 0 Å². The minimum absolute atomic E-state index is 0.0497. The quantitative estimate of drug-likeness (QED) is 0.577. The van der Waals surface area contributed by atoms with Crippen molar-refractivity contribution in [2.75, 3.05) is 6.67 Å². The van der Waals surface area contributed by atoms with Gasteiger partial charge in [0, 0.05) is 5.56 Å². The number of benzene rings is 1. The standard InChI is InChI=1S/C12H6N4O2/c17-6-3-1-2-5-7(6)10(18)9-8(5)15-11-12(16-9)14-4-13-11/h1-3,17H,4H2. The van der Waals surface area contributed by atoms with E-state index < -0.39 is 0 Å². The molecule has 0 saturated heterocycles. The first-order valence-electron chi connectivity index (χ1n) is 5.40. The van der Waals surface area contributed by atoms with E-state index in [0.717, 1.165) is 0 Å². The molecule has 2 heterocycles. The number of carbonyl (C=O) groups excluding carboxylic acids is 1. The van der Waals surface area contributed by atoms with E-state index in [-0.39, 0.29) is 22.8 Å². The fourth-order valence-electron chi connectivity index (χ4n) is 2.24. The van der Waals surface area contributed by atoms with Crippen LogP contribution in [0.25, 0.3) is 11.3 Å². The van der Waals surface area contributed by atoms with Gasteiger partial charge in [-0.25, -0.2) is 20.0 Å². The number of fused-ring (bicyclic) bond motifs is 4. The number of nitrogens with zero attached hydrogens (tertiary/aromatic N) is 4. The molecule has 6 nitrogen and oxygen atoms in total. The minimum Gasteiger partial charge on any atom is -0.507 e. The highest BCUT2D eigenvalue weighted by Crippen LogP contribution is 2.37. The second kappa shape index (κ2) is 2.98. The van der Waals surface area contributed by atoms with Gasteiger partial charge in [-0.05, 0) is 6.07 Å². The summed E-state index contributed by atoms with van der Waals surface area (Å²) in [4.78, 5) is 28.8. The highest BCUT2D eigenvalue weighted by Gasteiger charge is 2.32. The maximum Gasteiger partial charge on any atom is 0.218 e. The Kier molecular flexibility index (Phi) is 1.56. The Bertz CT molecular complexity index is 842. The maximum absolute atomic E-state index is 12.2. The molecule has 1 aromatic heterocycles. The first-order chi connectivity index (χ1) is 8.75. The van der Waals surface area contributed by atoms with Gasteiger partial charge in [-0.3, -0.25) is 4.79 Å². The summed E-state index contributed by atoms with van der Waals surface area (Å²) in [6, 6.07) is 4.89. The number of hydrogen-bond acceptors (Lipinski definition) is 6. The Labute approximate surface area is 100 Å². The summed E-state index contributed by atoms with van der Waals surface area (Å²) in [7, 11) is 0. The van der Waals surface area contributed by atoms with Gasteiger partial charge >= 0.3 is 0 Å². The van der Waals surface area contributed by atoms with Crippen LogP contribution in [0.3, 0.4) is 0 Å². The lowest BCUT2D eigenvalue weighted by atomic mass is 10.1. The second-order valence-corrected chi connectivity index (χ2v) is 4.05. The molecule has 1 N–H and O–H groups in total. The van der Waals surface area contributed by atoms with Crippen molar-refractivity contribution in [2.24, 2.45) is 9.98 Å². The molecule has 86 valence electrons. The van der Waals surface area contributed by atoms with E-state index in [1.54, 1.807) is 12.1 Å². The number of aromatic hydroxyl groups is 1. The smallest absolute Gasteiger partial charge is 0.218 e. The third-order valence-corrected chi connectivity index (χ3v) is 3.04. The molecule has 0 radical (unpaired) electrons. The fraction of sp³-hybridized carbons (Fsp3) is 0.0833. The topological polar surface area (TPSA) is 87.8 Å². The van der Waals surface area contributed by atoms with Gasteiger partial charge in [0.25, 0.3) is 0 Å². The molecule has 0 unspecified atom stereocenters. The van der Waals surface area contributed by atoms with Crippen molar-refractivity contribution in [3.8, 4) is 17.0 Å². The number of ketones is 1. The summed E-state index contributed by atoms with van der Waals surface area (Å²) in [5.41, 5.74) is 2.44. The zero-order valence-electron chi connectivity index (χ0n) is 9.08. The van der Waals surface area contributed by atoms with Crippen LogP contribution in [0.1, 0.15) is 16.1 Å². The van der Waals surface area contributed by atoms with Gasteiger partial charge in [-0.1, -0.05) is 12.1 Å². The van der Waals surface area contributed by atoms with E-state index in [1.807, 2.05) is 0 Å². The van der Waals surface area contributed by atoms with Gasteiger partial charge in [0.15, 0.2) is 11.0 Å². The number of phenols is 1. The Morgan fingerprint density at radius 3 is 2.56 bits per heavy atom. The molecule has 2 aliphatic rings. The average molecular weight is 238 g/mol. The van der Waals surface area contributed by atoms with E-state index in [1.165, 1.54) is 6.07 Å². The molecule has 0 bridgehead atoms. The molecule has 1 aliphatic carbocycles. The fourth-order valence-corrected chi connectivity index (χ4v) is 2.24. The molecular weight excluding hydrogens is 232 g/mol. The first-order valence-corrected chi connectivity index (χ1v) is 5.40. The van der Waals surface area contributed by atoms with E-state index in [2.05, 4.69) is 20.0 Å². The largest absolute Gasteiger partial charge is 0.507 e. The first kappa shape index (κ1) is 9.41. The van der Waals surface area contributed by atoms with Gasteiger partial charge in [0.1, 0.15) is 23.8 Å². The third-order valence-electron chi connectivity index (χ3n) is 3.04. The molecule has 2 aromatic rings. The van der Waals surface area contributed by atoms with Crippen LogP contribution in [-0.2, 0) is 0 Å². The zero-order chi connectivity index (χ0) is 12.3. The predicted molar refractivity (Wildman–Crippen MR) is 59.7 cm³/mol. The van der Waals surface area contributed by atoms with E-state index in [9.17, 15) is 9.90 Å². The third kappa shape index (κ3) is 0.994. The van der Waals surface area contributed by atoms with Gasteiger partial charge in [-0.2, -0.15) is 0 Å². The van der Waals surface area contributed by atoms with Crippen molar-refractivity contribution < 1.29 is 9.90 Å². The van der Waals surface area contributed by atoms with Gasteiger partial charge < -0.3 is 5.11 Å². The summed E-state index contributed by atoms with van der Waals surface area (Å²) in [6.45, 7) is 0.305. The SMILES string of the molecule is O=C1c2nc3c(nc2-c2cccc(O)c21)=NCN=3. The number of carbonyl (C=O) groups is 1. The lowest BCUT2D eigenvalue weighted by Gasteiger charge is -1.98. The monoisotopic (exact) mass is 238 g/mol. The molecule has 6 heteroatoms. The molecule has 0 saturated carbocycles. The van der Waals surface area contributed by atoms with Crippen LogP contribution in [0.4, 0.5) is 0 Å². The Morgan fingerprint density at radius 2 is 1.78 bits per heavy atom. The molecule has 1 aromatic carbocycles. The second-order valence-electron chi connectivity index (χ2n) is 4.05. The van der Waals surface area contributed by atoms with Crippen molar-refractivity contribution in [3.05, 3.63) is 40.4 Å². The number of rotatable bonds is 0. The Morgan fingerprint density at radius 1 is 1.06 bits per heavy atom. The van der Waals surface area contributed by atoms with Crippen LogP contribution in [0, 0.1) is 0 Å². The highest BCUT2D eigenvalue weighted by molar-refractivity contribution is 6.21. The Hall–Kier alpha value is -2.63. The molecule has 4 rings (SSSR count). The summed E-state index contributed by atoms with van der Waals surface area (Å²) in [6.07, 6.45) is 0. The van der Waals surface area contributed by atoms with Gasteiger partial charge in [0.05, 0.1) is 5.56 Å². The number of phenolic OH excluding ortho intramolecular Hbond substituents is 1. The number of aromatic nitrogens is 2. The molecule has 0 fully saturated rings. The summed E-state index contributed by atoms with van der Waals surface area (Å²) < 4.78 is 0. The van der Waals surface area contributed by atoms with E-state index in [4.69, 9.17) is 0 Å². The molecule has 0 atom stereocenters. The molecule has 0 spiro atoms. The van der Waals surface area contributed by atoms with Crippen LogP contribution >= 0.6 is 0 Å². The minimum atomic E-state index is -0.310. The van der Waals surface area contributed by atoms with Crippen LogP contribution in [-0.4, -0.2) is 27.5 Å².